The van der Waals surface area contributed by atoms with E-state index in [-0.39, 0.29) is 64.4 Å². The zero-order chi connectivity index (χ0) is 51.2. The molecular weight excluding hydrogens is 884 g/mol. The van der Waals surface area contributed by atoms with E-state index in [1.165, 1.54) is 17.1 Å². The first-order chi connectivity index (χ1) is 33.0. The molecule has 8 fully saturated rings. The van der Waals surface area contributed by atoms with Crippen molar-refractivity contribution in [2.45, 2.75) is 188 Å². The van der Waals surface area contributed by atoms with Gasteiger partial charge >= 0.3 is 0 Å². The van der Waals surface area contributed by atoms with Crippen LogP contribution in [0.25, 0.3) is 0 Å². The summed E-state index contributed by atoms with van der Waals surface area (Å²) in [5.74, 6) is 3.63. The Morgan fingerprint density at radius 2 is 1.17 bits per heavy atom. The summed E-state index contributed by atoms with van der Waals surface area (Å²) >= 11 is 0. The van der Waals surface area contributed by atoms with Crippen molar-refractivity contribution in [3.8, 4) is 12.1 Å². The minimum Gasteiger partial charge on any atom is -0.393 e. The fraction of sp³-hybridized carbons (Fsp3) is 0.804. The van der Waals surface area contributed by atoms with E-state index in [2.05, 4.69) is 57.3 Å². The predicted molar refractivity (Wildman–Crippen MR) is 269 cm³/mol. The highest BCUT2D eigenvalue weighted by Crippen LogP contribution is 2.69. The van der Waals surface area contributed by atoms with E-state index in [4.69, 9.17) is 11.9 Å². The van der Waals surface area contributed by atoms with Gasteiger partial charge in [-0.25, -0.2) is 0 Å². The predicted octanol–water partition coefficient (Wildman–Crippen LogP) is 9.57. The molecule has 0 saturated heterocycles. The third-order valence-corrected chi connectivity index (χ3v) is 20.8. The topological polar surface area (TPSA) is 195 Å². The molecule has 0 unspecified atom stereocenters. The van der Waals surface area contributed by atoms with Crippen molar-refractivity contribution in [2.75, 3.05) is 13.3 Å². The Morgan fingerprint density at radius 3 is 1.67 bits per heavy atom. The Hall–Kier alpha value is -3.28. The van der Waals surface area contributed by atoms with Crippen molar-refractivity contribution < 1.29 is 31.1 Å². The first-order valence-corrected chi connectivity index (χ1v) is 28.4. The number of Topliss-reactive ketones (excluding diaryl/α,β-unsaturated/α-hetero) is 3. The third kappa shape index (κ3) is 9.62. The number of nitriles is 2. The smallest absolute Gasteiger partial charge is 0.158 e. The van der Waals surface area contributed by atoms with E-state index in [1.807, 2.05) is 19.9 Å². The second kappa shape index (κ2) is 20.3. The van der Waals surface area contributed by atoms with Crippen LogP contribution in [0.15, 0.2) is 24.8 Å². The zero-order valence-electron chi connectivity index (χ0n) is 44.3. The van der Waals surface area contributed by atoms with E-state index in [0.29, 0.717) is 65.9 Å². The first kappa shape index (κ1) is 52.1. The average molecular weight is 970 g/mol. The SMILES string of the molecule is CPC.C[C@@]1(O)CC[C@@]2(C)[C@@H](CC[C@@H]3[C@@H]2CC(=O)[C@]2(C)[C@@H](C(=O)Cn4cc(C#N)cn4)CC[C@@H]32)C1.C[C@@]1(O)CC[C@@]2(C)[C@@H](CC[C@@H]3[C@@H]2C[C@@H](O)[C@]2(C)[C@@H](C(=O)Cn4cc(C#N)cn4)CC[C@@H]32)C1.[2H]CC. The monoisotopic (exact) mass is 970 g/mol. The Balaban J connectivity index is 0.000000186. The molecule has 13 heteroatoms. The second-order valence-corrected chi connectivity index (χ2v) is 25.5. The van der Waals surface area contributed by atoms with Crippen LogP contribution in [0, 0.1) is 104 Å². The highest BCUT2D eigenvalue weighted by molar-refractivity contribution is 7.35. The molecule has 0 spiro atoms. The van der Waals surface area contributed by atoms with E-state index >= 15 is 0 Å². The van der Waals surface area contributed by atoms with Gasteiger partial charge in [0.25, 0.3) is 0 Å². The van der Waals surface area contributed by atoms with Crippen LogP contribution < -0.4 is 0 Å². The van der Waals surface area contributed by atoms with Gasteiger partial charge in [-0.1, -0.05) is 41.5 Å². The number of carbonyl (C=O) groups excluding carboxylic acids is 3. The van der Waals surface area contributed by atoms with Gasteiger partial charge in [-0.3, -0.25) is 23.7 Å². The number of carbonyl (C=O) groups is 3. The summed E-state index contributed by atoms with van der Waals surface area (Å²) in [4.78, 5) is 40.4. The van der Waals surface area contributed by atoms with E-state index in [0.717, 1.165) is 105 Å². The standard InChI is InChI=1S/C26H37N3O3.C26H35N3O3.C2H7P.C2H6/c2*1-24(32)8-9-25(2)17(11-24)4-5-18-19-6-7-20(26(19,3)23(31)10-21(18)25)22(30)15-29-14-16(12-27)13-28-29;1-3-2;1-2/h13-14,17-21,23,31-32H,4-11,15H2,1-3H3;13-14,17-21,32H,4-11,15H2,1-3H3;3H,1-2H3;1-2H3/t17-,18-,19-,20+,21-,23+,24+,25-,26-;17-,18-,19-,20+,21-,24+,25-,26-;;/m00../s1/i;;;1D. The molecule has 2 aromatic rings. The lowest BCUT2D eigenvalue weighted by atomic mass is 9.43. The van der Waals surface area contributed by atoms with Gasteiger partial charge in [0.2, 0.25) is 0 Å². The van der Waals surface area contributed by atoms with Crippen LogP contribution in [-0.4, -0.2) is 82.9 Å². The highest BCUT2D eigenvalue weighted by Gasteiger charge is 2.66. The van der Waals surface area contributed by atoms with Gasteiger partial charge in [0, 0.05) is 42.9 Å². The van der Waals surface area contributed by atoms with Gasteiger partial charge < -0.3 is 15.3 Å². The number of rotatable bonds is 6. The van der Waals surface area contributed by atoms with Crippen molar-refractivity contribution in [1.29, 1.82) is 10.5 Å². The molecule has 0 amide bonds. The molecule has 0 bridgehead atoms. The van der Waals surface area contributed by atoms with Crippen molar-refractivity contribution >= 4 is 25.9 Å². The number of aromatic nitrogens is 4. The summed E-state index contributed by atoms with van der Waals surface area (Å²) in [6, 6.07) is 4.11. The number of hydrogen-bond acceptors (Lipinski definition) is 10. The molecule has 2 aromatic heterocycles. The highest BCUT2D eigenvalue weighted by atomic mass is 31.1. The molecular formula is C56H85N6O6P. The number of fused-ring (bicyclic) bond motifs is 10. The molecule has 0 aliphatic heterocycles. The number of aliphatic hydroxyl groups is 3. The molecule has 12 nitrogen and oxygen atoms in total. The third-order valence-electron chi connectivity index (χ3n) is 20.8. The Labute approximate surface area is 416 Å². The molecule has 10 rings (SSSR count). The zero-order valence-corrected chi connectivity index (χ0v) is 44.3. The molecule has 0 aromatic carbocycles. The minimum absolute atomic E-state index is 0.0722. The molecule has 8 aliphatic rings. The molecule has 2 heterocycles. The number of hydrogen-bond donors (Lipinski definition) is 3. The van der Waals surface area contributed by atoms with Crippen LogP contribution in [0.3, 0.4) is 0 Å². The maximum Gasteiger partial charge on any atom is 0.158 e. The van der Waals surface area contributed by atoms with Crippen LogP contribution in [0.2, 0.25) is 0 Å². The van der Waals surface area contributed by atoms with Gasteiger partial charge in [0.15, 0.2) is 11.6 Å². The molecule has 69 heavy (non-hydrogen) atoms. The number of nitrogens with zero attached hydrogens (tertiary/aromatic N) is 6. The fourth-order valence-corrected chi connectivity index (χ4v) is 17.1. The van der Waals surface area contributed by atoms with Crippen LogP contribution in [0.5, 0.6) is 0 Å². The van der Waals surface area contributed by atoms with Crippen molar-refractivity contribution in [1.82, 2.24) is 19.6 Å². The Kier molecular flexibility index (Phi) is 15.3. The normalized spacial score (nSPS) is 43.8. The summed E-state index contributed by atoms with van der Waals surface area (Å²) in [5, 5.41) is 59.3. The quantitative estimate of drug-likeness (QED) is 0.235. The number of ketones is 3. The van der Waals surface area contributed by atoms with Gasteiger partial charge in [-0.05, 0) is 182 Å². The first-order valence-electron chi connectivity index (χ1n) is 27.1. The molecule has 17 atom stereocenters. The Bertz CT molecular complexity index is 2300. The lowest BCUT2D eigenvalue weighted by Crippen LogP contribution is -2.59. The van der Waals surface area contributed by atoms with Crippen LogP contribution in [-0.2, 0) is 27.5 Å². The molecule has 8 aliphatic carbocycles. The molecule has 8 saturated carbocycles. The molecule has 0 radical (unpaired) electrons. The lowest BCUT2D eigenvalue weighted by Gasteiger charge is -2.62. The molecule has 3 N–H and O–H groups in total. The summed E-state index contributed by atoms with van der Waals surface area (Å²) in [6.07, 6.45) is 20.6. The maximum atomic E-state index is 13.7. The summed E-state index contributed by atoms with van der Waals surface area (Å²) in [5.41, 5.74) is -0.883. The average Bonchev–Trinajstić information content (AvgIpc) is 4.12. The van der Waals surface area contributed by atoms with Gasteiger partial charge in [0.1, 0.15) is 17.9 Å². The van der Waals surface area contributed by atoms with Gasteiger partial charge in [-0.2, -0.15) is 20.7 Å². The van der Waals surface area contributed by atoms with Crippen molar-refractivity contribution in [2.24, 2.45) is 80.8 Å². The number of aliphatic hydroxyl groups excluding tert-OH is 1. The van der Waals surface area contributed by atoms with Crippen molar-refractivity contribution in [3.63, 3.8) is 0 Å². The maximum absolute atomic E-state index is 13.7. The summed E-state index contributed by atoms with van der Waals surface area (Å²) in [7, 11) is 1.08. The van der Waals surface area contributed by atoms with Gasteiger partial charge in [0.05, 0.1) is 53.9 Å². The van der Waals surface area contributed by atoms with Crippen LogP contribution >= 0.6 is 8.58 Å². The van der Waals surface area contributed by atoms with Gasteiger partial charge in [-0.15, -0.1) is 8.58 Å². The van der Waals surface area contributed by atoms with E-state index < -0.39 is 22.7 Å². The molecule has 380 valence electrons. The lowest BCUT2D eigenvalue weighted by molar-refractivity contribution is -0.182. The van der Waals surface area contributed by atoms with Crippen LogP contribution in [0.4, 0.5) is 0 Å². The summed E-state index contributed by atoms with van der Waals surface area (Å²) in [6.45, 7) is 19.9. The van der Waals surface area contributed by atoms with Crippen LogP contribution in [0.1, 0.15) is 171 Å². The fourth-order valence-electron chi connectivity index (χ4n) is 17.1. The van der Waals surface area contributed by atoms with E-state index in [9.17, 15) is 29.7 Å². The van der Waals surface area contributed by atoms with E-state index in [1.54, 1.807) is 24.0 Å². The summed E-state index contributed by atoms with van der Waals surface area (Å²) < 4.78 is 9.31. The Morgan fingerprint density at radius 1 is 0.725 bits per heavy atom. The second-order valence-electron chi connectivity index (χ2n) is 24.5. The minimum atomic E-state index is -0.577. The van der Waals surface area contributed by atoms with Crippen molar-refractivity contribution in [3.05, 3.63) is 35.9 Å². The largest absolute Gasteiger partial charge is 0.393 e.